The molecule has 0 saturated carbocycles. The van der Waals surface area contributed by atoms with Crippen LogP contribution in [0.1, 0.15) is 17.0 Å². The molecule has 7 heteroatoms. The molecule has 7 nitrogen and oxygen atoms in total. The fourth-order valence-electron chi connectivity index (χ4n) is 1.81. The van der Waals surface area contributed by atoms with Crippen molar-refractivity contribution in [3.63, 3.8) is 0 Å². The second kappa shape index (κ2) is 5.60. The predicted molar refractivity (Wildman–Crippen MR) is 70.4 cm³/mol. The molecule has 2 aromatic heterocycles. The number of hydrogen-bond donors (Lipinski definition) is 1. The summed E-state index contributed by atoms with van der Waals surface area (Å²) in [6.45, 7) is 3.51. The highest BCUT2D eigenvalue weighted by atomic mass is 16.5. The SMILES string of the molecule is COc1ccc(-c2nc(C)c(CC(=O)O)c(C)n2)nn1. The lowest BCUT2D eigenvalue weighted by Crippen LogP contribution is -2.09. The maximum atomic E-state index is 10.8. The molecule has 0 bridgehead atoms. The molecule has 2 heterocycles. The Morgan fingerprint density at radius 3 is 2.30 bits per heavy atom. The molecule has 20 heavy (non-hydrogen) atoms. The highest BCUT2D eigenvalue weighted by Crippen LogP contribution is 2.18. The minimum Gasteiger partial charge on any atom is -0.481 e. The van der Waals surface area contributed by atoms with Gasteiger partial charge in [-0.1, -0.05) is 0 Å². The Morgan fingerprint density at radius 1 is 1.20 bits per heavy atom. The lowest BCUT2D eigenvalue weighted by atomic mass is 10.1. The second-order valence-corrected chi connectivity index (χ2v) is 4.23. The van der Waals surface area contributed by atoms with E-state index in [-0.39, 0.29) is 6.42 Å². The van der Waals surface area contributed by atoms with Crippen LogP contribution in [0.15, 0.2) is 12.1 Å². The minimum atomic E-state index is -0.906. The number of aryl methyl sites for hydroxylation is 2. The first-order chi connectivity index (χ1) is 9.51. The van der Waals surface area contributed by atoms with Crippen molar-refractivity contribution in [2.45, 2.75) is 20.3 Å². The Balaban J connectivity index is 2.40. The van der Waals surface area contributed by atoms with Crippen molar-refractivity contribution in [1.29, 1.82) is 0 Å². The van der Waals surface area contributed by atoms with Crippen LogP contribution in [0.4, 0.5) is 0 Å². The topological polar surface area (TPSA) is 98.1 Å². The van der Waals surface area contributed by atoms with Crippen molar-refractivity contribution in [1.82, 2.24) is 20.2 Å². The average molecular weight is 274 g/mol. The van der Waals surface area contributed by atoms with Crippen molar-refractivity contribution in [3.05, 3.63) is 29.1 Å². The zero-order chi connectivity index (χ0) is 14.7. The molecule has 0 radical (unpaired) electrons. The number of ether oxygens (including phenoxy) is 1. The van der Waals surface area contributed by atoms with Gasteiger partial charge in [-0.2, -0.15) is 0 Å². The first-order valence-electron chi connectivity index (χ1n) is 5.95. The van der Waals surface area contributed by atoms with E-state index in [2.05, 4.69) is 20.2 Å². The molecule has 0 aliphatic heterocycles. The van der Waals surface area contributed by atoms with E-state index in [9.17, 15) is 4.79 Å². The summed E-state index contributed by atoms with van der Waals surface area (Å²) in [5.74, 6) is -0.0780. The summed E-state index contributed by atoms with van der Waals surface area (Å²) in [7, 11) is 1.51. The maximum Gasteiger partial charge on any atom is 0.307 e. The van der Waals surface area contributed by atoms with E-state index in [0.29, 0.717) is 34.3 Å². The van der Waals surface area contributed by atoms with E-state index in [1.54, 1.807) is 26.0 Å². The van der Waals surface area contributed by atoms with E-state index < -0.39 is 5.97 Å². The Labute approximate surface area is 115 Å². The number of aromatic nitrogens is 4. The summed E-state index contributed by atoms with van der Waals surface area (Å²) < 4.78 is 4.94. The Morgan fingerprint density at radius 2 is 1.85 bits per heavy atom. The van der Waals surface area contributed by atoms with Crippen LogP contribution in [-0.4, -0.2) is 38.4 Å². The van der Waals surface area contributed by atoms with Gasteiger partial charge in [0.15, 0.2) is 5.82 Å². The Hall–Kier alpha value is -2.57. The van der Waals surface area contributed by atoms with Gasteiger partial charge in [0.05, 0.1) is 13.5 Å². The molecule has 2 rings (SSSR count). The van der Waals surface area contributed by atoms with Crippen LogP contribution in [-0.2, 0) is 11.2 Å². The fourth-order valence-corrected chi connectivity index (χ4v) is 1.81. The number of rotatable bonds is 4. The largest absolute Gasteiger partial charge is 0.481 e. The molecule has 0 fully saturated rings. The lowest BCUT2D eigenvalue weighted by molar-refractivity contribution is -0.136. The van der Waals surface area contributed by atoms with Crippen LogP contribution >= 0.6 is 0 Å². The molecule has 0 aliphatic rings. The zero-order valence-corrected chi connectivity index (χ0v) is 11.4. The summed E-state index contributed by atoms with van der Waals surface area (Å²) in [6, 6.07) is 3.37. The molecule has 104 valence electrons. The third kappa shape index (κ3) is 2.87. The van der Waals surface area contributed by atoms with Gasteiger partial charge in [0.1, 0.15) is 5.69 Å². The summed E-state index contributed by atoms with van der Waals surface area (Å²) in [4.78, 5) is 19.4. The van der Waals surface area contributed by atoms with Crippen molar-refractivity contribution in [3.8, 4) is 17.4 Å². The Bertz CT molecular complexity index is 618. The maximum absolute atomic E-state index is 10.8. The summed E-state index contributed by atoms with van der Waals surface area (Å²) in [6.07, 6.45) is -0.0910. The van der Waals surface area contributed by atoms with Crippen LogP contribution in [0.3, 0.4) is 0 Å². The predicted octanol–water partition coefficient (Wildman–Crippen LogP) is 1.19. The number of hydrogen-bond acceptors (Lipinski definition) is 6. The summed E-state index contributed by atoms with van der Waals surface area (Å²) in [5, 5.41) is 16.7. The van der Waals surface area contributed by atoms with Gasteiger partial charge in [0, 0.05) is 23.0 Å². The minimum absolute atomic E-state index is 0.0910. The summed E-state index contributed by atoms with van der Waals surface area (Å²) >= 11 is 0. The monoisotopic (exact) mass is 274 g/mol. The molecular weight excluding hydrogens is 260 g/mol. The molecule has 0 saturated heterocycles. The lowest BCUT2D eigenvalue weighted by Gasteiger charge is -2.08. The van der Waals surface area contributed by atoms with Crippen molar-refractivity contribution in [2.75, 3.05) is 7.11 Å². The molecule has 0 aliphatic carbocycles. The molecular formula is C13H14N4O3. The number of carboxylic acid groups (broad SMARTS) is 1. The van der Waals surface area contributed by atoms with Gasteiger partial charge in [-0.25, -0.2) is 9.97 Å². The van der Waals surface area contributed by atoms with Gasteiger partial charge in [0.25, 0.3) is 0 Å². The molecule has 0 spiro atoms. The highest BCUT2D eigenvalue weighted by molar-refractivity contribution is 5.71. The fraction of sp³-hybridized carbons (Fsp3) is 0.308. The summed E-state index contributed by atoms with van der Waals surface area (Å²) in [5.41, 5.74) is 2.40. The van der Waals surface area contributed by atoms with E-state index in [4.69, 9.17) is 9.84 Å². The zero-order valence-electron chi connectivity index (χ0n) is 11.4. The van der Waals surface area contributed by atoms with E-state index in [0.717, 1.165) is 0 Å². The molecule has 2 aromatic rings. The first kappa shape index (κ1) is 13.9. The van der Waals surface area contributed by atoms with Crippen LogP contribution in [0, 0.1) is 13.8 Å². The van der Waals surface area contributed by atoms with Crippen molar-refractivity contribution < 1.29 is 14.6 Å². The van der Waals surface area contributed by atoms with E-state index in [1.165, 1.54) is 7.11 Å². The number of nitrogens with zero attached hydrogens (tertiary/aromatic N) is 4. The van der Waals surface area contributed by atoms with E-state index in [1.807, 2.05) is 0 Å². The molecule has 0 aromatic carbocycles. The number of aliphatic carboxylic acids is 1. The van der Waals surface area contributed by atoms with Crippen molar-refractivity contribution in [2.24, 2.45) is 0 Å². The first-order valence-corrected chi connectivity index (χ1v) is 5.95. The van der Waals surface area contributed by atoms with Crippen LogP contribution < -0.4 is 4.74 Å². The second-order valence-electron chi connectivity index (χ2n) is 4.23. The van der Waals surface area contributed by atoms with Gasteiger partial charge in [-0.3, -0.25) is 4.79 Å². The van der Waals surface area contributed by atoms with Crippen molar-refractivity contribution >= 4 is 5.97 Å². The smallest absolute Gasteiger partial charge is 0.307 e. The standard InChI is InChI=1S/C13H14N4O3/c1-7-9(6-12(18)19)8(2)15-13(14-7)10-4-5-11(20-3)17-16-10/h4-5H,6H2,1-3H3,(H,18,19). The number of carbonyl (C=O) groups is 1. The third-order valence-electron chi connectivity index (χ3n) is 2.83. The number of carboxylic acids is 1. The quantitative estimate of drug-likeness (QED) is 0.893. The van der Waals surface area contributed by atoms with Gasteiger partial charge < -0.3 is 9.84 Å². The molecule has 0 unspecified atom stereocenters. The van der Waals surface area contributed by atoms with Gasteiger partial charge >= 0.3 is 5.97 Å². The normalized spacial score (nSPS) is 10.3. The van der Waals surface area contributed by atoms with Crippen LogP contribution in [0.25, 0.3) is 11.5 Å². The third-order valence-corrected chi connectivity index (χ3v) is 2.83. The number of methoxy groups -OCH3 is 1. The van der Waals surface area contributed by atoms with Crippen LogP contribution in [0.2, 0.25) is 0 Å². The molecule has 1 N–H and O–H groups in total. The highest BCUT2D eigenvalue weighted by Gasteiger charge is 2.13. The van der Waals surface area contributed by atoms with E-state index >= 15 is 0 Å². The molecule has 0 atom stereocenters. The molecule has 0 amide bonds. The van der Waals surface area contributed by atoms with Gasteiger partial charge in [-0.15, -0.1) is 10.2 Å². The van der Waals surface area contributed by atoms with Gasteiger partial charge in [0.2, 0.25) is 5.88 Å². The van der Waals surface area contributed by atoms with Crippen LogP contribution in [0.5, 0.6) is 5.88 Å². The van der Waals surface area contributed by atoms with Gasteiger partial charge in [-0.05, 0) is 19.9 Å². The Kier molecular flexibility index (Phi) is 3.88. The average Bonchev–Trinajstić information content (AvgIpc) is 2.42.